The molecule has 0 heterocycles. The van der Waals surface area contributed by atoms with Crippen LogP contribution in [0.25, 0.3) is 0 Å². The summed E-state index contributed by atoms with van der Waals surface area (Å²) in [5, 5.41) is 11.4. The molecule has 1 amide bonds. The molecule has 0 aliphatic heterocycles. The van der Waals surface area contributed by atoms with Crippen LogP contribution in [0.3, 0.4) is 0 Å². The van der Waals surface area contributed by atoms with Gasteiger partial charge in [-0.3, -0.25) is 14.4 Å². The minimum atomic E-state index is -0.953. The van der Waals surface area contributed by atoms with E-state index in [4.69, 9.17) is 5.11 Å². The zero-order chi connectivity index (χ0) is 13.5. The zero-order valence-corrected chi connectivity index (χ0v) is 11.3. The van der Waals surface area contributed by atoms with Gasteiger partial charge in [0.15, 0.2) is 5.12 Å². The summed E-state index contributed by atoms with van der Waals surface area (Å²) in [6.45, 7) is 1.47. The van der Waals surface area contributed by atoms with E-state index in [-0.39, 0.29) is 35.2 Å². The molecule has 0 aromatic rings. The fraction of sp³-hybridized carbons (Fsp3) is 0.750. The number of carboxylic acids is 1. The lowest BCUT2D eigenvalue weighted by atomic mass is 9.95. The number of carbonyl (C=O) groups excluding carboxylic acids is 2. The van der Waals surface area contributed by atoms with Crippen molar-refractivity contribution >= 4 is 28.8 Å². The standard InChI is InChI=1S/C12H19NO4S/c1-8(14)13-9-4-2-3-5-10(9)18-12(17)7-6-11(15)16/h9-10H,2-7H2,1H3,(H,13,14)(H,15,16). The van der Waals surface area contributed by atoms with Gasteiger partial charge in [0.05, 0.1) is 6.42 Å². The average Bonchev–Trinajstić information content (AvgIpc) is 2.28. The minimum absolute atomic E-state index is 0.0371. The number of hydrogen-bond acceptors (Lipinski definition) is 4. The third-order valence-corrected chi connectivity index (χ3v) is 4.25. The molecule has 102 valence electrons. The van der Waals surface area contributed by atoms with Crippen molar-refractivity contribution in [3.8, 4) is 0 Å². The van der Waals surface area contributed by atoms with Gasteiger partial charge in [-0.2, -0.15) is 0 Å². The summed E-state index contributed by atoms with van der Waals surface area (Å²) in [4.78, 5) is 33.1. The van der Waals surface area contributed by atoms with Crippen LogP contribution in [0.15, 0.2) is 0 Å². The maximum Gasteiger partial charge on any atom is 0.303 e. The van der Waals surface area contributed by atoms with Gasteiger partial charge in [0.25, 0.3) is 0 Å². The van der Waals surface area contributed by atoms with E-state index in [9.17, 15) is 14.4 Å². The van der Waals surface area contributed by atoms with Gasteiger partial charge in [-0.05, 0) is 12.8 Å². The van der Waals surface area contributed by atoms with Gasteiger partial charge >= 0.3 is 5.97 Å². The summed E-state index contributed by atoms with van der Waals surface area (Å²) < 4.78 is 0. The predicted molar refractivity (Wildman–Crippen MR) is 69.3 cm³/mol. The lowest BCUT2D eigenvalue weighted by Gasteiger charge is -2.30. The molecule has 1 saturated carbocycles. The Kier molecular flexibility index (Phi) is 6.18. The highest BCUT2D eigenvalue weighted by molar-refractivity contribution is 8.14. The van der Waals surface area contributed by atoms with Gasteiger partial charge in [-0.25, -0.2) is 0 Å². The first-order valence-corrected chi connectivity index (χ1v) is 7.05. The molecule has 18 heavy (non-hydrogen) atoms. The normalized spacial score (nSPS) is 23.4. The van der Waals surface area contributed by atoms with Crippen molar-refractivity contribution in [3.63, 3.8) is 0 Å². The first-order chi connectivity index (χ1) is 8.49. The molecule has 6 heteroatoms. The van der Waals surface area contributed by atoms with Crippen LogP contribution in [-0.4, -0.2) is 33.4 Å². The maximum atomic E-state index is 11.6. The lowest BCUT2D eigenvalue weighted by Crippen LogP contribution is -2.43. The molecule has 2 atom stereocenters. The molecule has 2 unspecified atom stereocenters. The van der Waals surface area contributed by atoms with Crippen molar-refractivity contribution in [2.45, 2.75) is 56.7 Å². The first kappa shape index (κ1) is 15.0. The molecule has 0 bridgehead atoms. The van der Waals surface area contributed by atoms with Gasteiger partial charge in [-0.1, -0.05) is 24.6 Å². The molecular formula is C12H19NO4S. The summed E-state index contributed by atoms with van der Waals surface area (Å²) in [5.41, 5.74) is 0. The van der Waals surface area contributed by atoms with Crippen molar-refractivity contribution in [2.24, 2.45) is 0 Å². The minimum Gasteiger partial charge on any atom is -0.481 e. The topological polar surface area (TPSA) is 83.5 Å². The van der Waals surface area contributed by atoms with Gasteiger partial charge in [0.2, 0.25) is 5.91 Å². The Morgan fingerprint density at radius 1 is 1.22 bits per heavy atom. The molecule has 1 aliphatic rings. The van der Waals surface area contributed by atoms with E-state index >= 15 is 0 Å². The quantitative estimate of drug-likeness (QED) is 0.794. The van der Waals surface area contributed by atoms with Gasteiger partial charge in [0.1, 0.15) is 0 Å². The summed E-state index contributed by atoms with van der Waals surface area (Å²) in [6.07, 6.45) is 3.84. The van der Waals surface area contributed by atoms with Gasteiger partial charge < -0.3 is 10.4 Å². The van der Waals surface area contributed by atoms with E-state index < -0.39 is 5.97 Å². The molecule has 1 fully saturated rings. The van der Waals surface area contributed by atoms with Crippen LogP contribution < -0.4 is 5.32 Å². The summed E-state index contributed by atoms with van der Waals surface area (Å²) in [6, 6.07) is 0.0371. The van der Waals surface area contributed by atoms with E-state index in [0.29, 0.717) is 0 Å². The monoisotopic (exact) mass is 273 g/mol. The number of amides is 1. The maximum absolute atomic E-state index is 11.6. The molecule has 0 saturated heterocycles. The average molecular weight is 273 g/mol. The SMILES string of the molecule is CC(=O)NC1CCCCC1SC(=O)CCC(=O)O. The molecule has 1 aliphatic carbocycles. The van der Waals surface area contributed by atoms with Crippen molar-refractivity contribution in [2.75, 3.05) is 0 Å². The van der Waals surface area contributed by atoms with Crippen LogP contribution in [0.1, 0.15) is 45.4 Å². The number of rotatable bonds is 5. The van der Waals surface area contributed by atoms with Crippen LogP contribution in [-0.2, 0) is 14.4 Å². The molecule has 0 aromatic carbocycles. The molecule has 0 aromatic heterocycles. The number of carboxylic acid groups (broad SMARTS) is 1. The number of nitrogens with one attached hydrogen (secondary N) is 1. The van der Waals surface area contributed by atoms with Crippen LogP contribution in [0.5, 0.6) is 0 Å². The molecule has 2 N–H and O–H groups in total. The second-order valence-electron chi connectivity index (χ2n) is 4.51. The van der Waals surface area contributed by atoms with E-state index in [1.165, 1.54) is 18.7 Å². The van der Waals surface area contributed by atoms with Gasteiger partial charge in [0, 0.05) is 24.6 Å². The van der Waals surface area contributed by atoms with E-state index in [0.717, 1.165) is 25.7 Å². The Morgan fingerprint density at radius 2 is 1.89 bits per heavy atom. The van der Waals surface area contributed by atoms with Crippen LogP contribution >= 0.6 is 11.8 Å². The van der Waals surface area contributed by atoms with Crippen LogP contribution in [0, 0.1) is 0 Å². The Balaban J connectivity index is 2.43. The highest BCUT2D eigenvalue weighted by atomic mass is 32.2. The van der Waals surface area contributed by atoms with Crippen LogP contribution in [0.4, 0.5) is 0 Å². The lowest BCUT2D eigenvalue weighted by molar-refractivity contribution is -0.138. The van der Waals surface area contributed by atoms with Crippen molar-refractivity contribution in [1.29, 1.82) is 0 Å². The predicted octanol–water partition coefficient (Wildman–Crippen LogP) is 1.56. The molecule has 5 nitrogen and oxygen atoms in total. The van der Waals surface area contributed by atoms with Crippen molar-refractivity contribution < 1.29 is 19.5 Å². The summed E-state index contributed by atoms with van der Waals surface area (Å²) in [7, 11) is 0. The Morgan fingerprint density at radius 3 is 2.50 bits per heavy atom. The zero-order valence-electron chi connectivity index (χ0n) is 10.5. The highest BCUT2D eigenvalue weighted by Crippen LogP contribution is 2.30. The second kappa shape index (κ2) is 7.41. The number of carbonyl (C=O) groups is 3. The third kappa shape index (κ3) is 5.53. The largest absolute Gasteiger partial charge is 0.481 e. The Labute approximate surface area is 111 Å². The molecule has 0 radical (unpaired) electrons. The van der Waals surface area contributed by atoms with E-state index in [1.54, 1.807) is 0 Å². The summed E-state index contributed by atoms with van der Waals surface area (Å²) >= 11 is 1.20. The van der Waals surface area contributed by atoms with Crippen molar-refractivity contribution in [1.82, 2.24) is 5.32 Å². The number of thioether (sulfide) groups is 1. The van der Waals surface area contributed by atoms with Crippen molar-refractivity contribution in [3.05, 3.63) is 0 Å². The van der Waals surface area contributed by atoms with Gasteiger partial charge in [-0.15, -0.1) is 0 Å². The molecule has 1 rings (SSSR count). The number of aliphatic carboxylic acids is 1. The fourth-order valence-corrected chi connectivity index (χ4v) is 3.31. The highest BCUT2D eigenvalue weighted by Gasteiger charge is 2.28. The smallest absolute Gasteiger partial charge is 0.303 e. The first-order valence-electron chi connectivity index (χ1n) is 6.17. The molecule has 0 spiro atoms. The molecular weight excluding hydrogens is 254 g/mol. The number of hydrogen-bond donors (Lipinski definition) is 2. The van der Waals surface area contributed by atoms with E-state index in [1.807, 2.05) is 0 Å². The Hall–Kier alpha value is -1.04. The van der Waals surface area contributed by atoms with Crippen LogP contribution in [0.2, 0.25) is 0 Å². The fourth-order valence-electron chi connectivity index (χ4n) is 2.10. The second-order valence-corrected chi connectivity index (χ2v) is 5.81. The third-order valence-electron chi connectivity index (χ3n) is 2.92. The van der Waals surface area contributed by atoms with E-state index in [2.05, 4.69) is 5.32 Å². The Bertz CT molecular complexity index is 332. The summed E-state index contributed by atoms with van der Waals surface area (Å²) in [5.74, 6) is -1.03.